The Labute approximate surface area is 135 Å². The molecule has 3 rings (SSSR count). The Bertz CT molecular complexity index is 664. The van der Waals surface area contributed by atoms with Crippen LogP contribution in [0, 0.1) is 13.8 Å². The molecule has 7 nitrogen and oxygen atoms in total. The molecule has 0 saturated carbocycles. The van der Waals surface area contributed by atoms with Gasteiger partial charge in [0.05, 0.1) is 30.7 Å². The average Bonchev–Trinajstić information content (AvgIpc) is 3.15. The number of nitrogens with one attached hydrogen (secondary N) is 1. The molecule has 0 unspecified atom stereocenters. The summed E-state index contributed by atoms with van der Waals surface area (Å²) in [7, 11) is 1.35. The SMILES string of the molecule is COC(=O)c1ccc(CN2CCN(c3c(C)n[nH]c3C)CC2)o1. The highest BCUT2D eigenvalue weighted by molar-refractivity contribution is 5.86. The second kappa shape index (κ2) is 6.45. The molecule has 0 aromatic carbocycles. The summed E-state index contributed by atoms with van der Waals surface area (Å²) in [5.74, 6) is 0.604. The molecule has 2 aromatic rings. The smallest absolute Gasteiger partial charge is 0.373 e. The Balaban J connectivity index is 1.57. The fraction of sp³-hybridized carbons (Fsp3) is 0.500. The van der Waals surface area contributed by atoms with Crippen molar-refractivity contribution in [1.82, 2.24) is 15.1 Å². The number of rotatable bonds is 4. The number of carbonyl (C=O) groups excluding carboxylic acids is 1. The van der Waals surface area contributed by atoms with Gasteiger partial charge in [0.15, 0.2) is 0 Å². The zero-order valence-corrected chi connectivity index (χ0v) is 13.8. The fourth-order valence-electron chi connectivity index (χ4n) is 3.03. The average molecular weight is 318 g/mol. The second-order valence-electron chi connectivity index (χ2n) is 5.80. The summed E-state index contributed by atoms with van der Waals surface area (Å²) >= 11 is 0. The lowest BCUT2D eigenvalue weighted by Gasteiger charge is -2.35. The molecular weight excluding hydrogens is 296 g/mol. The summed E-state index contributed by atoms with van der Waals surface area (Å²) in [6.45, 7) is 8.57. The van der Waals surface area contributed by atoms with E-state index in [0.29, 0.717) is 6.54 Å². The molecule has 0 spiro atoms. The van der Waals surface area contributed by atoms with Crippen molar-refractivity contribution in [3.05, 3.63) is 35.0 Å². The van der Waals surface area contributed by atoms with Gasteiger partial charge in [0.1, 0.15) is 5.76 Å². The highest BCUT2D eigenvalue weighted by Crippen LogP contribution is 2.23. The maximum atomic E-state index is 11.4. The lowest BCUT2D eigenvalue weighted by molar-refractivity contribution is 0.0561. The molecule has 2 aromatic heterocycles. The highest BCUT2D eigenvalue weighted by Gasteiger charge is 2.22. The molecule has 23 heavy (non-hydrogen) atoms. The Kier molecular flexibility index (Phi) is 4.38. The van der Waals surface area contributed by atoms with Crippen molar-refractivity contribution in [1.29, 1.82) is 0 Å². The van der Waals surface area contributed by atoms with E-state index in [1.54, 1.807) is 6.07 Å². The first-order valence-corrected chi connectivity index (χ1v) is 7.74. The normalized spacial score (nSPS) is 15.9. The Morgan fingerprint density at radius 3 is 2.65 bits per heavy atom. The van der Waals surface area contributed by atoms with Crippen molar-refractivity contribution < 1.29 is 13.9 Å². The minimum atomic E-state index is -0.438. The van der Waals surface area contributed by atoms with Gasteiger partial charge in [0, 0.05) is 26.2 Å². The summed E-state index contributed by atoms with van der Waals surface area (Å²) in [5, 5.41) is 7.31. The van der Waals surface area contributed by atoms with Crippen LogP contribution in [-0.2, 0) is 11.3 Å². The molecule has 0 radical (unpaired) electrons. The molecule has 124 valence electrons. The standard InChI is InChI=1S/C16H22N4O3/c1-11-15(12(2)18-17-11)20-8-6-19(7-9-20)10-13-4-5-14(23-13)16(21)22-3/h4-5H,6-10H2,1-3H3,(H,17,18). The Morgan fingerprint density at radius 1 is 1.30 bits per heavy atom. The predicted molar refractivity (Wildman–Crippen MR) is 85.6 cm³/mol. The summed E-state index contributed by atoms with van der Waals surface area (Å²) in [4.78, 5) is 16.1. The van der Waals surface area contributed by atoms with Crippen molar-refractivity contribution in [3.8, 4) is 0 Å². The number of hydrogen-bond donors (Lipinski definition) is 1. The van der Waals surface area contributed by atoms with Gasteiger partial charge in [-0.2, -0.15) is 5.10 Å². The molecular formula is C16H22N4O3. The topological polar surface area (TPSA) is 74.6 Å². The second-order valence-corrected chi connectivity index (χ2v) is 5.80. The summed E-state index contributed by atoms with van der Waals surface area (Å²) in [6, 6.07) is 3.50. The van der Waals surface area contributed by atoms with Crippen molar-refractivity contribution >= 4 is 11.7 Å². The van der Waals surface area contributed by atoms with E-state index < -0.39 is 5.97 Å². The lowest BCUT2D eigenvalue weighted by atomic mass is 10.2. The quantitative estimate of drug-likeness (QED) is 0.865. The number of nitrogens with zero attached hydrogens (tertiary/aromatic N) is 3. The molecule has 0 bridgehead atoms. The third kappa shape index (κ3) is 3.24. The van der Waals surface area contributed by atoms with E-state index in [-0.39, 0.29) is 5.76 Å². The number of H-pyrrole nitrogens is 1. The van der Waals surface area contributed by atoms with Crippen molar-refractivity contribution in [2.75, 3.05) is 38.2 Å². The number of piperazine rings is 1. The van der Waals surface area contributed by atoms with Gasteiger partial charge in [-0.1, -0.05) is 0 Å². The number of methoxy groups -OCH3 is 1. The first-order chi connectivity index (χ1) is 11.1. The zero-order valence-electron chi connectivity index (χ0n) is 13.8. The number of anilines is 1. The lowest BCUT2D eigenvalue weighted by Crippen LogP contribution is -2.46. The van der Waals surface area contributed by atoms with Crippen LogP contribution in [0.5, 0.6) is 0 Å². The van der Waals surface area contributed by atoms with Crippen LogP contribution in [-0.4, -0.2) is 54.4 Å². The minimum absolute atomic E-state index is 0.255. The maximum Gasteiger partial charge on any atom is 0.373 e. The molecule has 1 fully saturated rings. The number of aromatic nitrogens is 2. The van der Waals surface area contributed by atoms with E-state index >= 15 is 0 Å². The van der Waals surface area contributed by atoms with E-state index in [0.717, 1.165) is 43.3 Å². The molecule has 3 heterocycles. The van der Waals surface area contributed by atoms with Gasteiger partial charge in [0.2, 0.25) is 5.76 Å². The van der Waals surface area contributed by atoms with E-state index in [9.17, 15) is 4.79 Å². The van der Waals surface area contributed by atoms with Crippen LogP contribution in [0.4, 0.5) is 5.69 Å². The summed E-state index contributed by atoms with van der Waals surface area (Å²) in [6.07, 6.45) is 0. The first kappa shape index (κ1) is 15.6. The van der Waals surface area contributed by atoms with Crippen molar-refractivity contribution in [2.24, 2.45) is 0 Å². The Hall–Kier alpha value is -2.28. The number of ether oxygens (including phenoxy) is 1. The van der Waals surface area contributed by atoms with Crippen LogP contribution in [0.2, 0.25) is 0 Å². The largest absolute Gasteiger partial charge is 0.463 e. The number of esters is 1. The van der Waals surface area contributed by atoms with E-state index in [1.807, 2.05) is 13.0 Å². The molecule has 1 saturated heterocycles. The summed E-state index contributed by atoms with van der Waals surface area (Å²) < 4.78 is 10.2. The predicted octanol–water partition coefficient (Wildman–Crippen LogP) is 1.73. The van der Waals surface area contributed by atoms with Crippen LogP contribution >= 0.6 is 0 Å². The molecule has 7 heteroatoms. The molecule has 0 atom stereocenters. The number of aromatic amines is 1. The monoisotopic (exact) mass is 318 g/mol. The van der Waals surface area contributed by atoms with Gasteiger partial charge >= 0.3 is 5.97 Å². The molecule has 1 aliphatic rings. The van der Waals surface area contributed by atoms with E-state index in [1.165, 1.54) is 12.8 Å². The summed E-state index contributed by atoms with van der Waals surface area (Å²) in [5.41, 5.74) is 3.38. The molecule has 0 amide bonds. The van der Waals surface area contributed by atoms with Crippen LogP contribution in [0.25, 0.3) is 0 Å². The maximum absolute atomic E-state index is 11.4. The third-order valence-electron chi connectivity index (χ3n) is 4.21. The van der Waals surface area contributed by atoms with Gasteiger partial charge in [-0.15, -0.1) is 0 Å². The first-order valence-electron chi connectivity index (χ1n) is 7.74. The van der Waals surface area contributed by atoms with E-state index in [4.69, 9.17) is 4.42 Å². The number of aryl methyl sites for hydroxylation is 2. The number of carbonyl (C=O) groups is 1. The third-order valence-corrected chi connectivity index (χ3v) is 4.21. The number of hydrogen-bond acceptors (Lipinski definition) is 6. The van der Waals surface area contributed by atoms with Gasteiger partial charge in [-0.25, -0.2) is 4.79 Å². The Morgan fingerprint density at radius 2 is 2.04 bits per heavy atom. The van der Waals surface area contributed by atoms with Gasteiger partial charge in [-0.05, 0) is 26.0 Å². The minimum Gasteiger partial charge on any atom is -0.463 e. The highest BCUT2D eigenvalue weighted by atomic mass is 16.5. The fourth-order valence-corrected chi connectivity index (χ4v) is 3.03. The van der Waals surface area contributed by atoms with Crippen LogP contribution in [0.15, 0.2) is 16.5 Å². The molecule has 0 aliphatic carbocycles. The number of furan rings is 1. The van der Waals surface area contributed by atoms with Crippen LogP contribution in [0.3, 0.4) is 0 Å². The van der Waals surface area contributed by atoms with Gasteiger partial charge in [-0.3, -0.25) is 10.00 Å². The van der Waals surface area contributed by atoms with Gasteiger partial charge in [0.25, 0.3) is 0 Å². The molecule has 1 aliphatic heterocycles. The van der Waals surface area contributed by atoms with Crippen molar-refractivity contribution in [3.63, 3.8) is 0 Å². The van der Waals surface area contributed by atoms with Crippen LogP contribution < -0.4 is 4.90 Å². The molecule has 1 N–H and O–H groups in total. The zero-order chi connectivity index (χ0) is 16.4. The van der Waals surface area contributed by atoms with E-state index in [2.05, 4.69) is 31.7 Å². The van der Waals surface area contributed by atoms with Crippen molar-refractivity contribution in [2.45, 2.75) is 20.4 Å². The van der Waals surface area contributed by atoms with Crippen LogP contribution in [0.1, 0.15) is 27.7 Å². The van der Waals surface area contributed by atoms with Gasteiger partial charge < -0.3 is 14.1 Å².